The van der Waals surface area contributed by atoms with Crippen LogP contribution >= 0.6 is 11.6 Å². The van der Waals surface area contributed by atoms with E-state index in [0.29, 0.717) is 22.6 Å². The van der Waals surface area contributed by atoms with Gasteiger partial charge in [0.1, 0.15) is 5.60 Å². The van der Waals surface area contributed by atoms with E-state index in [1.807, 2.05) is 18.2 Å². The molecule has 1 unspecified atom stereocenters. The first-order chi connectivity index (χ1) is 9.99. The number of aliphatic hydroxyl groups is 1. The molecule has 5 heteroatoms. The van der Waals surface area contributed by atoms with Crippen LogP contribution < -0.4 is 11.1 Å². The summed E-state index contributed by atoms with van der Waals surface area (Å²) >= 11 is 6.12. The van der Waals surface area contributed by atoms with E-state index in [2.05, 4.69) is 10.3 Å². The summed E-state index contributed by atoms with van der Waals surface area (Å²) in [6.45, 7) is 1.88. The first-order valence-corrected chi connectivity index (χ1v) is 7.91. The van der Waals surface area contributed by atoms with E-state index in [-0.39, 0.29) is 6.54 Å². The Labute approximate surface area is 131 Å². The standard InChI is InChI=1S/C16H24ClN3O/c1-16(21,13-9-5-6-10-14(13)17)11-19-15(18)20-12-7-3-2-4-8-12/h5-6,9-10,12,21H,2-4,7-8,11H2,1H3,(H3,18,19,20). The van der Waals surface area contributed by atoms with E-state index in [0.717, 1.165) is 12.8 Å². The van der Waals surface area contributed by atoms with Crippen LogP contribution in [0, 0.1) is 0 Å². The van der Waals surface area contributed by atoms with Crippen LogP contribution in [0.2, 0.25) is 5.02 Å². The van der Waals surface area contributed by atoms with Crippen LogP contribution in [0.4, 0.5) is 0 Å². The highest BCUT2D eigenvalue weighted by atomic mass is 35.5. The van der Waals surface area contributed by atoms with E-state index in [9.17, 15) is 5.11 Å². The molecule has 21 heavy (non-hydrogen) atoms. The molecule has 1 aromatic carbocycles. The molecule has 0 aliphatic heterocycles. The maximum atomic E-state index is 10.5. The summed E-state index contributed by atoms with van der Waals surface area (Å²) in [6, 6.07) is 7.67. The number of rotatable bonds is 4. The Kier molecular flexibility index (Phi) is 5.48. The molecule has 0 saturated heterocycles. The molecule has 0 radical (unpaired) electrons. The Hall–Kier alpha value is -1.26. The van der Waals surface area contributed by atoms with Crippen molar-refractivity contribution in [1.82, 2.24) is 5.32 Å². The number of guanidine groups is 1. The van der Waals surface area contributed by atoms with Crippen LogP contribution in [0.1, 0.15) is 44.6 Å². The van der Waals surface area contributed by atoms with Crippen LogP contribution in [0.15, 0.2) is 29.3 Å². The highest BCUT2D eigenvalue weighted by Gasteiger charge is 2.25. The summed E-state index contributed by atoms with van der Waals surface area (Å²) in [5.74, 6) is 0.397. The predicted molar refractivity (Wildman–Crippen MR) is 87.5 cm³/mol. The third kappa shape index (κ3) is 4.61. The highest BCUT2D eigenvalue weighted by molar-refractivity contribution is 6.31. The molecule has 4 nitrogen and oxygen atoms in total. The normalized spacial score (nSPS) is 20.0. The smallest absolute Gasteiger partial charge is 0.188 e. The average Bonchev–Trinajstić information content (AvgIpc) is 2.47. The molecular formula is C16H24ClN3O. The van der Waals surface area contributed by atoms with Gasteiger partial charge in [0.25, 0.3) is 0 Å². The van der Waals surface area contributed by atoms with Crippen molar-refractivity contribution in [2.45, 2.75) is 50.7 Å². The van der Waals surface area contributed by atoms with E-state index >= 15 is 0 Å². The fourth-order valence-corrected chi connectivity index (χ4v) is 3.06. The van der Waals surface area contributed by atoms with Crippen molar-refractivity contribution in [2.75, 3.05) is 6.54 Å². The van der Waals surface area contributed by atoms with E-state index in [1.54, 1.807) is 13.0 Å². The lowest BCUT2D eigenvalue weighted by molar-refractivity contribution is 0.0674. The molecule has 1 fully saturated rings. The molecule has 2 rings (SSSR count). The van der Waals surface area contributed by atoms with Gasteiger partial charge in [-0.2, -0.15) is 0 Å². The van der Waals surface area contributed by atoms with Crippen LogP contribution in [0.3, 0.4) is 0 Å². The fourth-order valence-electron chi connectivity index (χ4n) is 2.72. The lowest BCUT2D eigenvalue weighted by Crippen LogP contribution is -2.42. The molecular weight excluding hydrogens is 286 g/mol. The van der Waals surface area contributed by atoms with Gasteiger partial charge in [0, 0.05) is 16.6 Å². The van der Waals surface area contributed by atoms with Crippen molar-refractivity contribution in [2.24, 2.45) is 10.7 Å². The number of halogens is 1. The van der Waals surface area contributed by atoms with Crippen molar-refractivity contribution in [1.29, 1.82) is 0 Å². The van der Waals surface area contributed by atoms with Crippen molar-refractivity contribution in [3.05, 3.63) is 34.9 Å². The van der Waals surface area contributed by atoms with Crippen molar-refractivity contribution < 1.29 is 5.11 Å². The molecule has 0 spiro atoms. The second kappa shape index (κ2) is 7.14. The van der Waals surface area contributed by atoms with Gasteiger partial charge < -0.3 is 16.2 Å². The maximum absolute atomic E-state index is 10.5. The molecule has 4 N–H and O–H groups in total. The number of hydrogen-bond donors (Lipinski definition) is 3. The van der Waals surface area contributed by atoms with Gasteiger partial charge in [0.2, 0.25) is 0 Å². The van der Waals surface area contributed by atoms with E-state index < -0.39 is 5.60 Å². The molecule has 1 aromatic rings. The summed E-state index contributed by atoms with van der Waals surface area (Å²) in [6.07, 6.45) is 6.05. The van der Waals surface area contributed by atoms with Gasteiger partial charge in [-0.15, -0.1) is 0 Å². The van der Waals surface area contributed by atoms with Crippen LogP contribution in [0.5, 0.6) is 0 Å². The number of benzene rings is 1. The van der Waals surface area contributed by atoms with E-state index in [1.165, 1.54) is 19.3 Å². The van der Waals surface area contributed by atoms with Crippen LogP contribution in [-0.2, 0) is 5.60 Å². The number of nitrogens with zero attached hydrogens (tertiary/aromatic N) is 1. The number of hydrogen-bond acceptors (Lipinski definition) is 2. The Balaban J connectivity index is 1.96. The third-order valence-electron chi connectivity index (χ3n) is 3.97. The summed E-state index contributed by atoms with van der Waals surface area (Å²) in [7, 11) is 0. The van der Waals surface area contributed by atoms with Gasteiger partial charge in [-0.25, -0.2) is 0 Å². The zero-order chi connectivity index (χ0) is 15.3. The first-order valence-electron chi connectivity index (χ1n) is 7.53. The minimum absolute atomic E-state index is 0.183. The van der Waals surface area contributed by atoms with Gasteiger partial charge in [-0.05, 0) is 25.8 Å². The van der Waals surface area contributed by atoms with Crippen molar-refractivity contribution in [3.63, 3.8) is 0 Å². The summed E-state index contributed by atoms with van der Waals surface area (Å²) in [4.78, 5) is 4.28. The monoisotopic (exact) mass is 309 g/mol. The zero-order valence-corrected chi connectivity index (χ0v) is 13.2. The summed E-state index contributed by atoms with van der Waals surface area (Å²) in [5.41, 5.74) is 5.46. The minimum atomic E-state index is -1.13. The third-order valence-corrected chi connectivity index (χ3v) is 4.30. The summed E-state index contributed by atoms with van der Waals surface area (Å²) in [5, 5.41) is 14.3. The molecule has 1 aliphatic carbocycles. The number of nitrogens with two attached hydrogens (primary N) is 1. The Morgan fingerprint density at radius 2 is 2.05 bits per heavy atom. The lowest BCUT2D eigenvalue weighted by Gasteiger charge is -2.25. The predicted octanol–water partition coefficient (Wildman–Crippen LogP) is 2.78. The van der Waals surface area contributed by atoms with Gasteiger partial charge in [-0.3, -0.25) is 4.99 Å². The molecule has 0 heterocycles. The second-order valence-electron chi connectivity index (χ2n) is 5.93. The SMILES string of the molecule is CC(O)(CN=C(N)NC1CCCCC1)c1ccccc1Cl. The molecule has 1 aliphatic rings. The summed E-state index contributed by atoms with van der Waals surface area (Å²) < 4.78 is 0. The Morgan fingerprint density at radius 3 is 2.71 bits per heavy atom. The molecule has 0 aromatic heterocycles. The van der Waals surface area contributed by atoms with Gasteiger partial charge >= 0.3 is 0 Å². The fraction of sp³-hybridized carbons (Fsp3) is 0.562. The van der Waals surface area contributed by atoms with Gasteiger partial charge in [0.05, 0.1) is 6.54 Å². The highest BCUT2D eigenvalue weighted by Crippen LogP contribution is 2.28. The topological polar surface area (TPSA) is 70.6 Å². The minimum Gasteiger partial charge on any atom is -0.383 e. The van der Waals surface area contributed by atoms with Gasteiger partial charge in [0.15, 0.2) is 5.96 Å². The second-order valence-corrected chi connectivity index (χ2v) is 6.34. The Morgan fingerprint density at radius 1 is 1.38 bits per heavy atom. The van der Waals surface area contributed by atoms with Crippen molar-refractivity contribution >= 4 is 17.6 Å². The number of aliphatic imine (C=N–C) groups is 1. The molecule has 116 valence electrons. The number of nitrogens with one attached hydrogen (secondary N) is 1. The van der Waals surface area contributed by atoms with Crippen LogP contribution in [-0.4, -0.2) is 23.7 Å². The molecule has 1 saturated carbocycles. The average molecular weight is 310 g/mol. The zero-order valence-electron chi connectivity index (χ0n) is 12.5. The quantitative estimate of drug-likeness (QED) is 0.591. The van der Waals surface area contributed by atoms with Gasteiger partial charge in [-0.1, -0.05) is 49.1 Å². The van der Waals surface area contributed by atoms with E-state index in [4.69, 9.17) is 17.3 Å². The lowest BCUT2D eigenvalue weighted by atomic mass is 9.95. The largest absolute Gasteiger partial charge is 0.383 e. The van der Waals surface area contributed by atoms with Crippen LogP contribution in [0.25, 0.3) is 0 Å². The van der Waals surface area contributed by atoms with Crippen molar-refractivity contribution in [3.8, 4) is 0 Å². The molecule has 1 atom stereocenters. The Bertz CT molecular complexity index is 496. The first kappa shape index (κ1) is 16.1. The molecule has 0 bridgehead atoms. The molecule has 0 amide bonds. The maximum Gasteiger partial charge on any atom is 0.188 e.